The number of aliphatic hydroxyl groups is 3. The minimum Gasteiger partial charge on any atom is -0.388 e. The third-order valence-corrected chi connectivity index (χ3v) is 5.15. The number of hydrogen-bond donors (Lipinski definition) is 3. The number of nitrogens with zero attached hydrogens (tertiary/aromatic N) is 4. The van der Waals surface area contributed by atoms with Crippen LogP contribution in [-0.2, 0) is 9.53 Å². The second kappa shape index (κ2) is 12.7. The van der Waals surface area contributed by atoms with Crippen LogP contribution in [0.25, 0.3) is 0 Å². The molecule has 31 heavy (non-hydrogen) atoms. The zero-order valence-corrected chi connectivity index (χ0v) is 18.3. The van der Waals surface area contributed by atoms with Crippen LogP contribution in [0.15, 0.2) is 18.5 Å². The van der Waals surface area contributed by atoms with Gasteiger partial charge in [0.15, 0.2) is 0 Å². The Morgan fingerprint density at radius 1 is 1.10 bits per heavy atom. The van der Waals surface area contributed by atoms with Crippen molar-refractivity contribution in [3.05, 3.63) is 24.0 Å². The smallest absolute Gasteiger partial charge is 0.255 e. The summed E-state index contributed by atoms with van der Waals surface area (Å²) in [5, 5.41) is 38.2. The van der Waals surface area contributed by atoms with Crippen molar-refractivity contribution in [3.8, 4) is 0 Å². The summed E-state index contributed by atoms with van der Waals surface area (Å²) in [6, 6.07) is 1.59. The monoisotopic (exact) mass is 438 g/mol. The van der Waals surface area contributed by atoms with Crippen LogP contribution < -0.4 is 0 Å². The van der Waals surface area contributed by atoms with Crippen molar-refractivity contribution in [1.29, 1.82) is 0 Å². The summed E-state index contributed by atoms with van der Waals surface area (Å²) in [7, 11) is 0. The van der Waals surface area contributed by atoms with E-state index in [1.807, 2.05) is 13.8 Å². The summed E-state index contributed by atoms with van der Waals surface area (Å²) in [6.45, 7) is 4.85. The number of aromatic nitrogens is 2. The number of carbonyl (C=O) groups excluding carboxylic acids is 2. The Hall–Kier alpha value is -2.14. The van der Waals surface area contributed by atoms with Gasteiger partial charge in [0.1, 0.15) is 18.3 Å². The molecular weight excluding hydrogens is 404 g/mol. The maximum absolute atomic E-state index is 13.0. The standard InChI is InChI=1S/C21H34N4O6/c1-15(2)11-19(28)25-9-8-24(21(30)16-5-6-22-23-12-16)7-3-4-10-31-14-18(27)20(29)17(26)13-25/h5-6,12,15,17-18,20,26-27,29H,3-4,7-11,13-14H2,1-2H3/t17-,18+,20+/m0/s1. The summed E-state index contributed by atoms with van der Waals surface area (Å²) in [6.07, 6.45) is 0.413. The van der Waals surface area contributed by atoms with E-state index >= 15 is 0 Å². The maximum Gasteiger partial charge on any atom is 0.255 e. The van der Waals surface area contributed by atoms with E-state index in [1.165, 1.54) is 17.3 Å². The van der Waals surface area contributed by atoms with Crippen LogP contribution in [0.5, 0.6) is 0 Å². The molecular formula is C21H34N4O6. The zero-order valence-electron chi connectivity index (χ0n) is 18.3. The highest BCUT2D eigenvalue weighted by atomic mass is 16.5. The molecule has 0 unspecified atom stereocenters. The molecule has 3 atom stereocenters. The molecule has 2 amide bonds. The van der Waals surface area contributed by atoms with Crippen LogP contribution in [0.2, 0.25) is 0 Å². The lowest BCUT2D eigenvalue weighted by atomic mass is 10.1. The third-order valence-electron chi connectivity index (χ3n) is 5.15. The molecule has 0 aliphatic carbocycles. The van der Waals surface area contributed by atoms with Crippen LogP contribution in [0.1, 0.15) is 43.5 Å². The molecule has 1 aliphatic rings. The molecule has 0 spiro atoms. The Kier molecular flexibility index (Phi) is 10.3. The lowest BCUT2D eigenvalue weighted by Crippen LogP contribution is -2.50. The van der Waals surface area contributed by atoms with E-state index in [-0.39, 0.29) is 50.4 Å². The fourth-order valence-electron chi connectivity index (χ4n) is 3.35. The predicted octanol–water partition coefficient (Wildman–Crippen LogP) is -0.313. The Labute approximate surface area is 182 Å². The SMILES string of the molecule is CC(C)CC(=O)N1CCN(C(=O)c2ccnnc2)CCCCOC[C@@H](O)[C@H](O)[C@@H](O)C1. The highest BCUT2D eigenvalue weighted by Crippen LogP contribution is 2.12. The van der Waals surface area contributed by atoms with Gasteiger partial charge in [-0.1, -0.05) is 13.8 Å². The van der Waals surface area contributed by atoms with Gasteiger partial charge in [0.2, 0.25) is 5.91 Å². The summed E-state index contributed by atoms with van der Waals surface area (Å²) in [5.41, 5.74) is 0.408. The lowest BCUT2D eigenvalue weighted by Gasteiger charge is -2.32. The van der Waals surface area contributed by atoms with E-state index in [9.17, 15) is 24.9 Å². The number of rotatable bonds is 3. The normalized spacial score (nSPS) is 24.6. The Morgan fingerprint density at radius 2 is 1.84 bits per heavy atom. The number of carbonyl (C=O) groups is 2. The molecule has 0 aromatic carbocycles. The van der Waals surface area contributed by atoms with E-state index in [0.717, 1.165) is 0 Å². The first-order valence-electron chi connectivity index (χ1n) is 10.7. The molecule has 1 aliphatic heterocycles. The van der Waals surface area contributed by atoms with Gasteiger partial charge in [0.05, 0.1) is 24.6 Å². The first-order chi connectivity index (χ1) is 14.8. The average Bonchev–Trinajstić information content (AvgIpc) is 2.75. The first kappa shape index (κ1) is 25.1. The minimum atomic E-state index is -1.45. The van der Waals surface area contributed by atoms with Gasteiger partial charge >= 0.3 is 0 Å². The quantitative estimate of drug-likeness (QED) is 0.584. The van der Waals surface area contributed by atoms with E-state index < -0.39 is 18.3 Å². The summed E-state index contributed by atoms with van der Waals surface area (Å²) in [5.74, 6) is -0.283. The third kappa shape index (κ3) is 8.13. The molecule has 2 rings (SSSR count). The number of amides is 2. The number of ether oxygens (including phenoxy) is 1. The Bertz CT molecular complexity index is 690. The molecule has 10 heteroatoms. The molecule has 10 nitrogen and oxygen atoms in total. The summed E-state index contributed by atoms with van der Waals surface area (Å²) in [4.78, 5) is 28.8. The van der Waals surface area contributed by atoms with Crippen molar-refractivity contribution >= 4 is 11.8 Å². The fourth-order valence-corrected chi connectivity index (χ4v) is 3.35. The van der Waals surface area contributed by atoms with Crippen LogP contribution >= 0.6 is 0 Å². The molecule has 0 saturated carbocycles. The van der Waals surface area contributed by atoms with E-state index in [4.69, 9.17) is 4.74 Å². The van der Waals surface area contributed by atoms with Crippen molar-refractivity contribution in [3.63, 3.8) is 0 Å². The van der Waals surface area contributed by atoms with Gasteiger partial charge in [-0.2, -0.15) is 10.2 Å². The van der Waals surface area contributed by atoms with Gasteiger partial charge in [-0.3, -0.25) is 9.59 Å². The Balaban J connectivity index is 2.19. The molecule has 3 N–H and O–H groups in total. The van der Waals surface area contributed by atoms with Gasteiger partial charge in [0, 0.05) is 39.2 Å². The van der Waals surface area contributed by atoms with Gasteiger partial charge in [-0.05, 0) is 24.8 Å². The molecule has 2 heterocycles. The van der Waals surface area contributed by atoms with Crippen molar-refractivity contribution < 1.29 is 29.6 Å². The zero-order chi connectivity index (χ0) is 22.8. The number of aliphatic hydroxyl groups excluding tert-OH is 3. The van der Waals surface area contributed by atoms with Crippen LogP contribution in [-0.4, -0.2) is 105 Å². The van der Waals surface area contributed by atoms with Crippen molar-refractivity contribution in [1.82, 2.24) is 20.0 Å². The highest BCUT2D eigenvalue weighted by molar-refractivity contribution is 5.93. The predicted molar refractivity (Wildman–Crippen MR) is 112 cm³/mol. The summed E-state index contributed by atoms with van der Waals surface area (Å²) < 4.78 is 5.39. The fraction of sp³-hybridized carbons (Fsp3) is 0.714. The molecule has 1 aromatic rings. The largest absolute Gasteiger partial charge is 0.388 e. The molecule has 0 bridgehead atoms. The molecule has 0 radical (unpaired) electrons. The highest BCUT2D eigenvalue weighted by Gasteiger charge is 2.29. The maximum atomic E-state index is 13.0. The minimum absolute atomic E-state index is 0.113. The van der Waals surface area contributed by atoms with Gasteiger partial charge < -0.3 is 29.9 Å². The molecule has 1 aromatic heterocycles. The first-order valence-corrected chi connectivity index (χ1v) is 10.7. The molecule has 174 valence electrons. The Morgan fingerprint density at radius 3 is 2.52 bits per heavy atom. The second-order valence-corrected chi connectivity index (χ2v) is 8.27. The van der Waals surface area contributed by atoms with E-state index in [1.54, 1.807) is 11.0 Å². The number of β-amino-alcohol motifs (C(OH)–C–C–N with tert-alkyl or cyclic N) is 1. The van der Waals surface area contributed by atoms with Crippen LogP contribution in [0.4, 0.5) is 0 Å². The second-order valence-electron chi connectivity index (χ2n) is 8.27. The van der Waals surface area contributed by atoms with Crippen molar-refractivity contribution in [2.45, 2.75) is 51.4 Å². The lowest BCUT2D eigenvalue weighted by molar-refractivity contribution is -0.137. The average molecular weight is 439 g/mol. The van der Waals surface area contributed by atoms with Gasteiger partial charge in [-0.25, -0.2) is 0 Å². The number of hydrogen-bond acceptors (Lipinski definition) is 8. The molecule has 1 fully saturated rings. The van der Waals surface area contributed by atoms with Crippen LogP contribution in [0, 0.1) is 5.92 Å². The van der Waals surface area contributed by atoms with Crippen molar-refractivity contribution in [2.75, 3.05) is 39.4 Å². The van der Waals surface area contributed by atoms with Crippen molar-refractivity contribution in [2.24, 2.45) is 5.92 Å². The van der Waals surface area contributed by atoms with Gasteiger partial charge in [-0.15, -0.1) is 0 Å². The van der Waals surface area contributed by atoms with E-state index in [2.05, 4.69) is 10.2 Å². The topological polar surface area (TPSA) is 136 Å². The van der Waals surface area contributed by atoms with Crippen LogP contribution in [0.3, 0.4) is 0 Å². The van der Waals surface area contributed by atoms with E-state index in [0.29, 0.717) is 31.6 Å². The summed E-state index contributed by atoms with van der Waals surface area (Å²) >= 11 is 0. The molecule has 1 saturated heterocycles. The van der Waals surface area contributed by atoms with Gasteiger partial charge in [0.25, 0.3) is 5.91 Å².